The largest absolute Gasteiger partial charge is 0.407 e. The van der Waals surface area contributed by atoms with Gasteiger partial charge in [0.2, 0.25) is 0 Å². The van der Waals surface area contributed by atoms with E-state index in [0.717, 1.165) is 0 Å². The zero-order valence-electron chi connectivity index (χ0n) is 5.76. The highest BCUT2D eigenvalue weighted by molar-refractivity contribution is 8.52. The fourth-order valence-corrected chi connectivity index (χ4v) is 3.47. The van der Waals surface area contributed by atoms with Crippen molar-refractivity contribution in [2.75, 3.05) is 6.66 Å². The minimum absolute atomic E-state index is 0.155. The van der Waals surface area contributed by atoms with E-state index in [9.17, 15) is 4.57 Å². The molecule has 0 N–H and O–H groups in total. The first kappa shape index (κ1) is 8.45. The first-order chi connectivity index (χ1) is 3.42. The van der Waals surface area contributed by atoms with E-state index >= 15 is 0 Å². The topological polar surface area (TPSA) is 17.1 Å². The predicted molar refractivity (Wildman–Crippen MR) is 40.9 cm³/mol. The summed E-state index contributed by atoms with van der Waals surface area (Å²) in [6.07, 6.45) is 0. The van der Waals surface area contributed by atoms with Crippen LogP contribution in [0.3, 0.4) is 0 Å². The van der Waals surface area contributed by atoms with Crippen LogP contribution in [0.5, 0.6) is 0 Å². The first-order valence-corrected chi connectivity index (χ1v) is 5.64. The highest BCUT2D eigenvalue weighted by Crippen LogP contribution is 2.43. The van der Waals surface area contributed by atoms with Crippen molar-refractivity contribution >= 4 is 18.4 Å². The summed E-state index contributed by atoms with van der Waals surface area (Å²) in [6.45, 7) is 7.93. The van der Waals surface area contributed by atoms with Crippen LogP contribution in [0.2, 0.25) is 0 Å². The van der Waals surface area contributed by atoms with Gasteiger partial charge in [0, 0.05) is 0 Å². The second kappa shape index (κ2) is 2.84. The Balaban J connectivity index is 3.55. The Hall–Kier alpha value is 0.450. The van der Waals surface area contributed by atoms with Crippen LogP contribution >= 0.6 is 18.4 Å². The average Bonchev–Trinajstić information content (AvgIpc) is 1.21. The minimum atomic E-state index is -1.02. The monoisotopic (exact) mass is 151 g/mol. The van der Waals surface area contributed by atoms with Gasteiger partial charge in [-0.25, -0.2) is 0 Å². The van der Waals surface area contributed by atoms with Gasteiger partial charge in [-0.2, -0.15) is 0 Å². The van der Waals surface area contributed by atoms with Crippen molar-refractivity contribution in [3.05, 3.63) is 0 Å². The summed E-state index contributed by atoms with van der Waals surface area (Å²) in [5, 5.41) is 0. The summed E-state index contributed by atoms with van der Waals surface area (Å²) in [4.78, 5) is 0. The molecular formula is C5H12OPS+. The normalized spacial score (nSPS) is 13.8. The van der Waals surface area contributed by atoms with Gasteiger partial charge in [0.25, 0.3) is 0 Å². The lowest BCUT2D eigenvalue weighted by molar-refractivity contribution is 0.598. The molecule has 0 aromatic rings. The molecule has 0 saturated carbocycles. The van der Waals surface area contributed by atoms with E-state index in [0.29, 0.717) is 0 Å². The standard InChI is InChI=1S/C5H12OPS/c1-5(2,3)8-7(4)6/h1-4H3/q+1. The van der Waals surface area contributed by atoms with E-state index in [2.05, 4.69) is 20.8 Å². The molecule has 1 nitrogen and oxygen atoms in total. The Bertz CT molecular complexity index is 95.1. The van der Waals surface area contributed by atoms with Gasteiger partial charge >= 0.3 is 7.00 Å². The molecule has 8 heavy (non-hydrogen) atoms. The van der Waals surface area contributed by atoms with Crippen molar-refractivity contribution in [1.29, 1.82) is 0 Å². The van der Waals surface area contributed by atoms with Crippen molar-refractivity contribution in [1.82, 2.24) is 0 Å². The molecule has 48 valence electrons. The lowest BCUT2D eigenvalue weighted by atomic mass is 10.3. The van der Waals surface area contributed by atoms with Gasteiger partial charge in [0.05, 0.1) is 4.75 Å². The third-order valence-corrected chi connectivity index (χ3v) is 3.62. The highest BCUT2D eigenvalue weighted by Gasteiger charge is 2.22. The van der Waals surface area contributed by atoms with Gasteiger partial charge in [-0.1, -0.05) is 4.57 Å². The van der Waals surface area contributed by atoms with Gasteiger partial charge in [-0.15, -0.1) is 0 Å². The summed E-state index contributed by atoms with van der Waals surface area (Å²) in [5.41, 5.74) is 0. The van der Waals surface area contributed by atoms with Crippen LogP contribution in [-0.4, -0.2) is 11.4 Å². The molecule has 0 aliphatic carbocycles. The number of hydrogen-bond donors (Lipinski definition) is 0. The summed E-state index contributed by atoms with van der Waals surface area (Å²) >= 11 is 1.52. The van der Waals surface area contributed by atoms with E-state index in [1.165, 1.54) is 11.4 Å². The Morgan fingerprint density at radius 3 is 1.75 bits per heavy atom. The van der Waals surface area contributed by atoms with E-state index in [1.807, 2.05) is 0 Å². The smallest absolute Gasteiger partial charge is 0.0599 e. The van der Waals surface area contributed by atoms with Crippen LogP contribution in [0.4, 0.5) is 0 Å². The van der Waals surface area contributed by atoms with Gasteiger partial charge in [-0.05, 0) is 20.8 Å². The third kappa shape index (κ3) is 6.45. The maximum absolute atomic E-state index is 10.6. The Labute approximate surface area is 55.8 Å². The summed E-state index contributed by atoms with van der Waals surface area (Å²) < 4.78 is 10.7. The van der Waals surface area contributed by atoms with Crippen LogP contribution < -0.4 is 0 Å². The molecule has 0 bridgehead atoms. The van der Waals surface area contributed by atoms with Crippen LogP contribution in [0.1, 0.15) is 20.8 Å². The van der Waals surface area contributed by atoms with Gasteiger partial charge in [-0.3, -0.25) is 0 Å². The second-order valence-corrected chi connectivity index (χ2v) is 7.02. The molecule has 0 spiro atoms. The Morgan fingerprint density at radius 1 is 1.38 bits per heavy atom. The van der Waals surface area contributed by atoms with Crippen molar-refractivity contribution in [3.63, 3.8) is 0 Å². The molecule has 0 heterocycles. The zero-order valence-corrected chi connectivity index (χ0v) is 7.47. The van der Waals surface area contributed by atoms with Gasteiger partial charge in [0.1, 0.15) is 18.0 Å². The van der Waals surface area contributed by atoms with E-state index in [1.54, 1.807) is 6.66 Å². The maximum atomic E-state index is 10.6. The molecule has 0 aromatic carbocycles. The fourth-order valence-electron chi connectivity index (χ4n) is 0.386. The molecule has 0 amide bonds. The Kier molecular flexibility index (Phi) is 3.00. The van der Waals surface area contributed by atoms with E-state index in [-0.39, 0.29) is 4.75 Å². The zero-order chi connectivity index (χ0) is 6.78. The van der Waals surface area contributed by atoms with Crippen molar-refractivity contribution < 1.29 is 4.57 Å². The lowest BCUT2D eigenvalue weighted by Gasteiger charge is -2.05. The number of hydrogen-bond acceptors (Lipinski definition) is 2. The molecule has 0 aliphatic rings. The quantitative estimate of drug-likeness (QED) is 0.536. The maximum Gasteiger partial charge on any atom is 0.407 e. The lowest BCUT2D eigenvalue weighted by Crippen LogP contribution is -2.03. The van der Waals surface area contributed by atoms with Gasteiger partial charge in [0.15, 0.2) is 0 Å². The minimum Gasteiger partial charge on any atom is -0.0599 e. The third-order valence-electron chi connectivity index (χ3n) is 0.402. The van der Waals surface area contributed by atoms with Crippen molar-refractivity contribution in [3.8, 4) is 0 Å². The SMILES string of the molecule is C[P+](=O)SC(C)(C)C. The Morgan fingerprint density at radius 2 is 1.75 bits per heavy atom. The average molecular weight is 151 g/mol. The van der Waals surface area contributed by atoms with Crippen molar-refractivity contribution in [2.45, 2.75) is 25.5 Å². The molecule has 0 rings (SSSR count). The molecule has 3 heteroatoms. The van der Waals surface area contributed by atoms with E-state index < -0.39 is 7.00 Å². The predicted octanol–water partition coefficient (Wildman–Crippen LogP) is 2.89. The highest BCUT2D eigenvalue weighted by atomic mass is 32.7. The van der Waals surface area contributed by atoms with Gasteiger partial charge < -0.3 is 0 Å². The first-order valence-electron chi connectivity index (χ1n) is 2.52. The summed E-state index contributed by atoms with van der Waals surface area (Å²) in [7, 11) is -1.02. The van der Waals surface area contributed by atoms with Crippen LogP contribution in [0.15, 0.2) is 0 Å². The van der Waals surface area contributed by atoms with Crippen LogP contribution in [-0.2, 0) is 4.57 Å². The van der Waals surface area contributed by atoms with Crippen LogP contribution in [0.25, 0.3) is 0 Å². The summed E-state index contributed by atoms with van der Waals surface area (Å²) in [6, 6.07) is 0. The fraction of sp³-hybridized carbons (Fsp3) is 1.00. The summed E-state index contributed by atoms with van der Waals surface area (Å²) in [5.74, 6) is 0. The molecule has 0 radical (unpaired) electrons. The van der Waals surface area contributed by atoms with Crippen molar-refractivity contribution in [2.24, 2.45) is 0 Å². The second-order valence-electron chi connectivity index (χ2n) is 2.64. The molecule has 1 unspecified atom stereocenters. The molecule has 1 atom stereocenters. The van der Waals surface area contributed by atoms with Crippen LogP contribution in [0, 0.1) is 0 Å². The molecule has 0 aliphatic heterocycles. The van der Waals surface area contributed by atoms with E-state index in [4.69, 9.17) is 0 Å². The molecule has 0 saturated heterocycles. The molecule has 0 aromatic heterocycles. The molecule has 0 fully saturated rings. The number of rotatable bonds is 1. The molecular weight excluding hydrogens is 139 g/mol.